The zero-order chi connectivity index (χ0) is 10.9. The van der Waals surface area contributed by atoms with Crippen molar-refractivity contribution in [1.29, 1.82) is 0 Å². The lowest BCUT2D eigenvalue weighted by Crippen LogP contribution is -2.44. The van der Waals surface area contributed by atoms with Crippen LogP contribution in [0.25, 0.3) is 0 Å². The largest absolute Gasteiger partial charge is 0.371 e. The second kappa shape index (κ2) is 4.27. The predicted molar refractivity (Wildman–Crippen MR) is 62.8 cm³/mol. The molecule has 0 saturated carbocycles. The molecule has 0 radical (unpaired) electrons. The lowest BCUT2D eigenvalue weighted by atomic mass is 9.88. The molecule has 2 nitrogen and oxygen atoms in total. The number of hydrogen-bond acceptors (Lipinski definition) is 2. The van der Waals surface area contributed by atoms with E-state index in [4.69, 9.17) is 4.74 Å². The van der Waals surface area contributed by atoms with Crippen LogP contribution in [-0.2, 0) is 4.74 Å². The topological polar surface area (TPSA) is 12.5 Å². The van der Waals surface area contributed by atoms with Gasteiger partial charge in [-0.3, -0.25) is 0 Å². The van der Waals surface area contributed by atoms with Crippen molar-refractivity contribution in [2.45, 2.75) is 43.6 Å². The second-order valence-corrected chi connectivity index (χ2v) is 6.06. The molecule has 2 aliphatic heterocycles. The summed E-state index contributed by atoms with van der Waals surface area (Å²) in [6, 6.07) is 0. The first-order valence-electron chi connectivity index (χ1n) is 5.89. The Hall–Kier alpha value is 0.280. The summed E-state index contributed by atoms with van der Waals surface area (Å²) >= 11 is 0. The molecular formula is C11H21FNOP. The van der Waals surface area contributed by atoms with Crippen LogP contribution in [0, 0.1) is 0 Å². The van der Waals surface area contributed by atoms with E-state index >= 15 is 0 Å². The normalized spacial score (nSPS) is 36.2. The fourth-order valence-corrected chi connectivity index (χ4v) is 3.19. The Labute approximate surface area is 93.7 Å². The number of hydrogen-bond donors (Lipinski definition) is 0. The Morgan fingerprint density at radius 2 is 2.07 bits per heavy atom. The molecule has 2 unspecified atom stereocenters. The van der Waals surface area contributed by atoms with Crippen LogP contribution < -0.4 is 0 Å². The molecule has 2 fully saturated rings. The number of alkyl halides is 1. The van der Waals surface area contributed by atoms with Crippen molar-refractivity contribution >= 4 is 9.24 Å². The van der Waals surface area contributed by atoms with Crippen molar-refractivity contribution in [1.82, 2.24) is 4.90 Å². The first-order chi connectivity index (χ1) is 7.05. The van der Waals surface area contributed by atoms with Crippen molar-refractivity contribution in [2.24, 2.45) is 0 Å². The van der Waals surface area contributed by atoms with Gasteiger partial charge in [-0.05, 0) is 25.8 Å². The number of likely N-dealkylation sites (tertiary alicyclic amines) is 1. The molecule has 2 saturated heterocycles. The van der Waals surface area contributed by atoms with Gasteiger partial charge in [0, 0.05) is 19.5 Å². The summed E-state index contributed by atoms with van der Waals surface area (Å²) in [5.74, 6) is 0. The summed E-state index contributed by atoms with van der Waals surface area (Å²) in [7, 11) is 2.30. The third kappa shape index (κ3) is 2.69. The molecule has 2 aliphatic rings. The van der Waals surface area contributed by atoms with Crippen LogP contribution in [0.4, 0.5) is 4.39 Å². The molecule has 0 N–H and O–H groups in total. The average molecular weight is 233 g/mol. The number of ether oxygens (including phenoxy) is 1. The highest BCUT2D eigenvalue weighted by atomic mass is 31.0. The van der Waals surface area contributed by atoms with Gasteiger partial charge in [0.2, 0.25) is 0 Å². The second-order valence-electron chi connectivity index (χ2n) is 5.02. The minimum absolute atomic E-state index is 0.152. The first kappa shape index (κ1) is 11.8. The van der Waals surface area contributed by atoms with E-state index in [0.29, 0.717) is 6.42 Å². The minimum Gasteiger partial charge on any atom is -0.371 e. The highest BCUT2D eigenvalue weighted by molar-refractivity contribution is 7.18. The quantitative estimate of drug-likeness (QED) is 0.678. The molecule has 2 rings (SSSR count). The first-order valence-corrected chi connectivity index (χ1v) is 6.47. The van der Waals surface area contributed by atoms with Crippen molar-refractivity contribution < 1.29 is 9.13 Å². The monoisotopic (exact) mass is 233 g/mol. The van der Waals surface area contributed by atoms with Gasteiger partial charge >= 0.3 is 0 Å². The molecule has 0 bridgehead atoms. The van der Waals surface area contributed by atoms with Crippen molar-refractivity contribution in [3.05, 3.63) is 0 Å². The highest BCUT2D eigenvalue weighted by Gasteiger charge is 2.48. The number of rotatable bonds is 2. The molecular weight excluding hydrogens is 212 g/mol. The molecule has 2 heterocycles. The van der Waals surface area contributed by atoms with E-state index < -0.39 is 5.41 Å². The third-order valence-corrected chi connectivity index (χ3v) is 3.91. The van der Waals surface area contributed by atoms with Gasteiger partial charge in [-0.1, -0.05) is 16.2 Å². The Morgan fingerprint density at radius 1 is 1.40 bits per heavy atom. The van der Waals surface area contributed by atoms with Gasteiger partial charge in [-0.15, -0.1) is 0 Å². The molecule has 1 spiro atoms. The number of piperidine rings is 1. The Bertz CT molecular complexity index is 227. The summed E-state index contributed by atoms with van der Waals surface area (Å²) in [5, 5.41) is -1.17. The van der Waals surface area contributed by atoms with E-state index in [-0.39, 0.29) is 12.2 Å². The third-order valence-electron chi connectivity index (χ3n) is 3.54. The van der Waals surface area contributed by atoms with E-state index in [1.807, 2.05) is 0 Å². The Balaban J connectivity index is 1.88. The van der Waals surface area contributed by atoms with Gasteiger partial charge < -0.3 is 9.64 Å². The summed E-state index contributed by atoms with van der Waals surface area (Å²) in [6.07, 6.45) is 3.75. The maximum Gasteiger partial charge on any atom is 0.149 e. The SMILES string of the molecule is CCCN1CCC2(CC1)CC(F)(P)CO2. The molecule has 4 heteroatoms. The van der Waals surface area contributed by atoms with E-state index in [2.05, 4.69) is 21.1 Å². The molecule has 88 valence electrons. The maximum atomic E-state index is 13.7. The van der Waals surface area contributed by atoms with E-state index in [9.17, 15) is 4.39 Å². The molecule has 2 atom stereocenters. The van der Waals surface area contributed by atoms with Crippen molar-refractivity contribution in [3.63, 3.8) is 0 Å². The van der Waals surface area contributed by atoms with Crippen LogP contribution in [-0.4, -0.2) is 42.2 Å². The highest BCUT2D eigenvalue weighted by Crippen LogP contribution is 2.45. The maximum absolute atomic E-state index is 13.7. The molecule has 0 aromatic heterocycles. The van der Waals surface area contributed by atoms with E-state index in [1.54, 1.807) is 0 Å². The van der Waals surface area contributed by atoms with Crippen LogP contribution >= 0.6 is 9.24 Å². The summed E-state index contributed by atoms with van der Waals surface area (Å²) in [4.78, 5) is 2.45. The molecule has 0 amide bonds. The van der Waals surface area contributed by atoms with Gasteiger partial charge in [0.1, 0.15) is 5.41 Å². The lowest BCUT2D eigenvalue weighted by Gasteiger charge is -2.38. The van der Waals surface area contributed by atoms with Crippen LogP contribution in [0.3, 0.4) is 0 Å². The molecule has 0 aliphatic carbocycles. The van der Waals surface area contributed by atoms with Gasteiger partial charge in [0.15, 0.2) is 0 Å². The van der Waals surface area contributed by atoms with Crippen molar-refractivity contribution in [2.75, 3.05) is 26.2 Å². The average Bonchev–Trinajstić information content (AvgIpc) is 2.47. The smallest absolute Gasteiger partial charge is 0.149 e. The standard InChI is InChI=1S/C11H21FNOP/c1-2-5-13-6-3-10(4-7-13)8-11(12,15)9-14-10/h2-9,15H2,1H3. The van der Waals surface area contributed by atoms with E-state index in [1.165, 1.54) is 6.42 Å². The molecule has 0 aromatic rings. The Morgan fingerprint density at radius 3 is 2.53 bits per heavy atom. The van der Waals surface area contributed by atoms with Gasteiger partial charge in [-0.2, -0.15) is 0 Å². The van der Waals surface area contributed by atoms with Crippen LogP contribution in [0.1, 0.15) is 32.6 Å². The van der Waals surface area contributed by atoms with Crippen LogP contribution in [0.2, 0.25) is 0 Å². The molecule has 15 heavy (non-hydrogen) atoms. The number of halogens is 1. The van der Waals surface area contributed by atoms with Gasteiger partial charge in [-0.25, -0.2) is 4.39 Å². The van der Waals surface area contributed by atoms with Crippen molar-refractivity contribution in [3.8, 4) is 0 Å². The summed E-state index contributed by atoms with van der Waals surface area (Å²) in [5.41, 5.74) is -0.152. The van der Waals surface area contributed by atoms with Crippen LogP contribution in [0.5, 0.6) is 0 Å². The van der Waals surface area contributed by atoms with Gasteiger partial charge in [0.25, 0.3) is 0 Å². The van der Waals surface area contributed by atoms with Crippen LogP contribution in [0.15, 0.2) is 0 Å². The van der Waals surface area contributed by atoms with E-state index in [0.717, 1.165) is 32.5 Å². The summed E-state index contributed by atoms with van der Waals surface area (Å²) < 4.78 is 19.4. The molecule has 0 aromatic carbocycles. The zero-order valence-electron chi connectivity index (χ0n) is 9.47. The number of nitrogens with zero attached hydrogens (tertiary/aromatic N) is 1. The fourth-order valence-electron chi connectivity index (χ4n) is 2.73. The fraction of sp³-hybridized carbons (Fsp3) is 1.00. The predicted octanol–water partition coefficient (Wildman–Crippen LogP) is 2.19. The minimum atomic E-state index is -1.17. The Kier molecular flexibility index (Phi) is 3.35. The van der Waals surface area contributed by atoms with Gasteiger partial charge in [0.05, 0.1) is 12.2 Å². The lowest BCUT2D eigenvalue weighted by molar-refractivity contribution is -0.0438. The zero-order valence-corrected chi connectivity index (χ0v) is 10.6. The summed E-state index contributed by atoms with van der Waals surface area (Å²) in [6.45, 7) is 5.75.